The van der Waals surface area contributed by atoms with Gasteiger partial charge in [0.25, 0.3) is 5.56 Å². The van der Waals surface area contributed by atoms with Gasteiger partial charge in [0.2, 0.25) is 5.75 Å². The Hall–Kier alpha value is -2.98. The van der Waals surface area contributed by atoms with Crippen LogP contribution in [0.4, 0.5) is 5.69 Å². The van der Waals surface area contributed by atoms with Crippen molar-refractivity contribution in [2.75, 3.05) is 0 Å². The van der Waals surface area contributed by atoms with Gasteiger partial charge in [0.15, 0.2) is 0 Å². The molecule has 0 aliphatic rings. The Labute approximate surface area is 241 Å². The Morgan fingerprint density at radius 2 is 1.92 bits per heavy atom. The maximum absolute atomic E-state index is 13.4. The number of nitrogens with zero attached hydrogens (tertiary/aromatic N) is 4. The van der Waals surface area contributed by atoms with Gasteiger partial charge in [0.05, 0.1) is 32.1 Å². The van der Waals surface area contributed by atoms with Crippen LogP contribution in [0.3, 0.4) is 0 Å². The van der Waals surface area contributed by atoms with E-state index in [-0.39, 0.29) is 34.2 Å². The quantitative estimate of drug-likeness (QED) is 0.106. The Balaban J connectivity index is 1.80. The molecule has 196 valence electrons. The lowest BCUT2D eigenvalue weighted by molar-refractivity contribution is -0.385. The van der Waals surface area contributed by atoms with E-state index in [1.54, 1.807) is 30.3 Å². The zero-order valence-corrected chi connectivity index (χ0v) is 23.8. The zero-order chi connectivity index (χ0) is 27.4. The van der Waals surface area contributed by atoms with Gasteiger partial charge in [-0.3, -0.25) is 14.9 Å². The molecule has 4 rings (SSSR count). The summed E-state index contributed by atoms with van der Waals surface area (Å²) in [6.07, 6.45) is 3.52. The van der Waals surface area contributed by atoms with Gasteiger partial charge in [0, 0.05) is 27.5 Å². The zero-order valence-electron chi connectivity index (χ0n) is 20.0. The summed E-state index contributed by atoms with van der Waals surface area (Å²) >= 11 is 21.6. The van der Waals surface area contributed by atoms with Crippen molar-refractivity contribution in [2.24, 2.45) is 5.10 Å². The molecule has 0 unspecified atom stereocenters. The lowest BCUT2D eigenvalue weighted by Gasteiger charge is -2.12. The van der Waals surface area contributed by atoms with E-state index in [4.69, 9.17) is 39.5 Å². The smallest absolute Gasteiger partial charge is 0.313 e. The topological polar surface area (TPSA) is 99.6 Å². The van der Waals surface area contributed by atoms with Crippen LogP contribution < -0.4 is 10.3 Å². The minimum absolute atomic E-state index is 0.0343. The molecule has 0 bridgehead atoms. The maximum atomic E-state index is 13.4. The summed E-state index contributed by atoms with van der Waals surface area (Å²) in [5, 5.41) is 17.4. The second kappa shape index (κ2) is 12.3. The fourth-order valence-corrected chi connectivity index (χ4v) is 4.61. The molecule has 0 atom stereocenters. The van der Waals surface area contributed by atoms with Crippen molar-refractivity contribution >= 4 is 73.5 Å². The van der Waals surface area contributed by atoms with Crippen LogP contribution in [0.5, 0.6) is 5.75 Å². The first kappa shape index (κ1) is 28.0. The second-order valence-corrected chi connectivity index (χ2v) is 10.5. The van der Waals surface area contributed by atoms with Crippen molar-refractivity contribution in [1.82, 2.24) is 9.66 Å². The number of halogens is 4. The maximum Gasteiger partial charge on any atom is 0.313 e. The number of aryl methyl sites for hydroxylation is 1. The summed E-state index contributed by atoms with van der Waals surface area (Å²) in [6, 6.07) is 12.8. The molecule has 0 aliphatic carbocycles. The van der Waals surface area contributed by atoms with Crippen LogP contribution in [-0.2, 0) is 13.0 Å². The van der Waals surface area contributed by atoms with Gasteiger partial charge in [-0.05, 0) is 48.4 Å². The molecular weight excluding hydrogens is 619 g/mol. The van der Waals surface area contributed by atoms with E-state index in [2.05, 4.69) is 26.0 Å². The SMILES string of the molecule is CCCCc1nc2ccc(Br)cc2c(=O)n1N=Cc1cc(Cl)cc([N+](=O)[O-])c1OCc1ccc(Cl)c(Cl)c1. The van der Waals surface area contributed by atoms with Crippen molar-refractivity contribution in [1.29, 1.82) is 0 Å². The number of rotatable bonds is 9. The summed E-state index contributed by atoms with van der Waals surface area (Å²) < 4.78 is 7.80. The second-order valence-electron chi connectivity index (χ2n) is 8.29. The first-order valence-electron chi connectivity index (χ1n) is 11.5. The third-order valence-electron chi connectivity index (χ3n) is 5.57. The van der Waals surface area contributed by atoms with E-state index in [0.717, 1.165) is 17.3 Å². The molecular formula is C26H20BrCl3N4O4. The van der Waals surface area contributed by atoms with Gasteiger partial charge >= 0.3 is 5.69 Å². The van der Waals surface area contributed by atoms with Crippen molar-refractivity contribution in [3.63, 3.8) is 0 Å². The van der Waals surface area contributed by atoms with Crippen LogP contribution in [-0.4, -0.2) is 20.8 Å². The number of nitro benzene ring substituents is 1. The minimum Gasteiger partial charge on any atom is -0.481 e. The molecule has 0 saturated heterocycles. The summed E-state index contributed by atoms with van der Waals surface area (Å²) in [5.74, 6) is 0.409. The molecule has 12 heteroatoms. The van der Waals surface area contributed by atoms with Gasteiger partial charge in [-0.1, -0.05) is 70.1 Å². The van der Waals surface area contributed by atoms with Crippen LogP contribution >= 0.6 is 50.7 Å². The standard InChI is InChI=1S/C26H20BrCl3N4O4/c1-2-3-4-24-32-22-8-6-17(27)11-19(22)26(35)33(24)31-13-16-10-18(28)12-23(34(36)37)25(16)38-14-15-5-7-20(29)21(30)9-15/h5-13H,2-4,14H2,1H3. The molecule has 0 saturated carbocycles. The predicted molar refractivity (Wildman–Crippen MR) is 154 cm³/mol. The Morgan fingerprint density at radius 1 is 1.13 bits per heavy atom. The number of nitro groups is 1. The molecule has 0 amide bonds. The predicted octanol–water partition coefficient (Wildman–Crippen LogP) is 7.83. The molecule has 0 N–H and O–H groups in total. The molecule has 38 heavy (non-hydrogen) atoms. The van der Waals surface area contributed by atoms with Crippen molar-refractivity contribution in [3.8, 4) is 5.75 Å². The first-order valence-corrected chi connectivity index (χ1v) is 13.4. The summed E-state index contributed by atoms with van der Waals surface area (Å²) in [7, 11) is 0. The van der Waals surface area contributed by atoms with Gasteiger partial charge < -0.3 is 4.74 Å². The Bertz CT molecular complexity index is 1620. The number of benzene rings is 3. The third kappa shape index (κ3) is 6.35. The molecule has 1 aromatic heterocycles. The highest BCUT2D eigenvalue weighted by atomic mass is 79.9. The molecule has 3 aromatic carbocycles. The van der Waals surface area contributed by atoms with E-state index >= 15 is 0 Å². The van der Waals surface area contributed by atoms with Gasteiger partial charge in [0.1, 0.15) is 12.4 Å². The average molecular weight is 639 g/mol. The van der Waals surface area contributed by atoms with Crippen LogP contribution in [0, 0.1) is 10.1 Å². The average Bonchev–Trinajstić information content (AvgIpc) is 2.88. The Kier molecular flexibility index (Phi) is 9.04. The van der Waals surface area contributed by atoms with E-state index in [9.17, 15) is 14.9 Å². The summed E-state index contributed by atoms with van der Waals surface area (Å²) in [5.41, 5.74) is 0.701. The van der Waals surface area contributed by atoms with Gasteiger partial charge in [-0.2, -0.15) is 9.78 Å². The van der Waals surface area contributed by atoms with Crippen LogP contribution in [0.2, 0.25) is 15.1 Å². The minimum atomic E-state index is -0.596. The monoisotopic (exact) mass is 636 g/mol. The summed E-state index contributed by atoms with van der Waals surface area (Å²) in [6.45, 7) is 2.00. The van der Waals surface area contributed by atoms with Crippen LogP contribution in [0.25, 0.3) is 10.9 Å². The van der Waals surface area contributed by atoms with Crippen LogP contribution in [0.15, 0.2) is 62.9 Å². The van der Waals surface area contributed by atoms with E-state index in [1.165, 1.54) is 23.0 Å². The highest BCUT2D eigenvalue weighted by Crippen LogP contribution is 2.35. The fourth-order valence-electron chi connectivity index (χ4n) is 3.70. The third-order valence-corrected chi connectivity index (χ3v) is 7.02. The van der Waals surface area contributed by atoms with E-state index in [0.29, 0.717) is 38.8 Å². The lowest BCUT2D eigenvalue weighted by Crippen LogP contribution is -2.22. The highest BCUT2D eigenvalue weighted by molar-refractivity contribution is 9.10. The number of hydrogen-bond acceptors (Lipinski definition) is 6. The lowest BCUT2D eigenvalue weighted by atomic mass is 10.1. The number of hydrogen-bond donors (Lipinski definition) is 0. The van der Waals surface area contributed by atoms with Crippen LogP contribution in [0.1, 0.15) is 36.7 Å². The van der Waals surface area contributed by atoms with E-state index < -0.39 is 4.92 Å². The number of unbranched alkanes of at least 4 members (excludes halogenated alkanes) is 1. The van der Waals surface area contributed by atoms with E-state index in [1.807, 2.05) is 13.0 Å². The van der Waals surface area contributed by atoms with Crippen molar-refractivity contribution in [2.45, 2.75) is 32.8 Å². The molecule has 0 spiro atoms. The van der Waals surface area contributed by atoms with Gasteiger partial charge in [-0.15, -0.1) is 0 Å². The molecule has 0 aliphatic heterocycles. The van der Waals surface area contributed by atoms with Crippen molar-refractivity contribution in [3.05, 3.63) is 105 Å². The first-order chi connectivity index (χ1) is 18.2. The van der Waals surface area contributed by atoms with Gasteiger partial charge in [-0.25, -0.2) is 4.98 Å². The molecule has 1 heterocycles. The molecule has 8 nitrogen and oxygen atoms in total. The number of ether oxygens (including phenoxy) is 1. The number of fused-ring (bicyclic) bond motifs is 1. The molecule has 0 fully saturated rings. The molecule has 0 radical (unpaired) electrons. The highest BCUT2D eigenvalue weighted by Gasteiger charge is 2.21. The normalized spacial score (nSPS) is 11.4. The Morgan fingerprint density at radius 3 is 2.63 bits per heavy atom. The fraction of sp³-hybridized carbons (Fsp3) is 0.192. The largest absolute Gasteiger partial charge is 0.481 e. The molecule has 4 aromatic rings. The number of aromatic nitrogens is 2. The summed E-state index contributed by atoms with van der Waals surface area (Å²) in [4.78, 5) is 29.3. The van der Waals surface area contributed by atoms with Crippen molar-refractivity contribution < 1.29 is 9.66 Å².